The SMILES string of the molecule is CC/C=C/C/C=C/C/C=C/C/C=C/C/C=C/C/C=C/C/C=C/CCCC(=O)OC(COCCC(C(=O)[O-])[N+](C)(C)C)COC(=O)CCC/C=C/C/C=C/C/C=C/C/C=C/C/C=C/CC. The third kappa shape index (κ3) is 42.5. The standard InChI is InChI=1S/C56H85NO7/c1-6-8-10-12-14-16-18-20-22-24-25-26-27-28-29-31-33-35-37-39-41-43-45-47-55(59)64-52(50-62-49-48-53(56(60)61)57(3,4)5)51-63-54(58)46-44-42-40-38-36-34-32-30-23-21-19-17-15-13-11-9-7-2/h8-11,14-17,20-23,25-26,28-29,32-35,38-41,52-53H,6-7,12-13,18-19,24,27,30-31,36-37,42-51H2,1-5H3/b10-8+,11-9+,16-14+,17-15+,22-20+,23-21+,26-25+,29-28+,34-32+,35-33+,40-38+,41-39+. The minimum atomic E-state index is -1.15. The van der Waals surface area contributed by atoms with E-state index in [1.165, 1.54) is 0 Å². The van der Waals surface area contributed by atoms with Crippen molar-refractivity contribution in [2.24, 2.45) is 0 Å². The number of esters is 2. The molecule has 0 saturated carbocycles. The summed E-state index contributed by atoms with van der Waals surface area (Å²) in [7, 11) is 5.35. The van der Waals surface area contributed by atoms with Crippen LogP contribution < -0.4 is 5.11 Å². The Morgan fingerprint density at radius 3 is 1.12 bits per heavy atom. The van der Waals surface area contributed by atoms with Crippen LogP contribution in [0.3, 0.4) is 0 Å². The molecule has 0 aliphatic heterocycles. The first-order valence-corrected chi connectivity index (χ1v) is 23.9. The number of carbonyl (C=O) groups excluding carboxylic acids is 3. The first kappa shape index (κ1) is 59.2. The highest BCUT2D eigenvalue weighted by molar-refractivity contribution is 5.70. The zero-order chi connectivity index (χ0) is 47.0. The molecule has 0 spiro atoms. The van der Waals surface area contributed by atoms with Crippen molar-refractivity contribution in [2.75, 3.05) is 41.0 Å². The van der Waals surface area contributed by atoms with Crippen molar-refractivity contribution in [1.29, 1.82) is 0 Å². The number of hydrogen-bond acceptors (Lipinski definition) is 7. The number of hydrogen-bond donors (Lipinski definition) is 0. The fraction of sp³-hybridized carbons (Fsp3) is 0.518. The van der Waals surface area contributed by atoms with Crippen molar-refractivity contribution in [2.45, 2.75) is 148 Å². The van der Waals surface area contributed by atoms with E-state index in [9.17, 15) is 19.5 Å². The second-order valence-corrected chi connectivity index (χ2v) is 16.2. The summed E-state index contributed by atoms with van der Waals surface area (Å²) in [6.07, 6.45) is 66.1. The molecule has 0 aromatic heterocycles. The minimum Gasteiger partial charge on any atom is -0.544 e. The quantitative estimate of drug-likeness (QED) is 0.0261. The fourth-order valence-corrected chi connectivity index (χ4v) is 5.86. The summed E-state index contributed by atoms with van der Waals surface area (Å²) in [4.78, 5) is 36.9. The van der Waals surface area contributed by atoms with Crippen molar-refractivity contribution in [3.05, 3.63) is 146 Å². The molecule has 64 heavy (non-hydrogen) atoms. The van der Waals surface area contributed by atoms with Gasteiger partial charge in [-0.25, -0.2) is 0 Å². The number of carbonyl (C=O) groups is 3. The van der Waals surface area contributed by atoms with E-state index in [1.54, 1.807) is 21.1 Å². The Morgan fingerprint density at radius 2 is 0.797 bits per heavy atom. The van der Waals surface area contributed by atoms with Crippen LogP contribution in [0.15, 0.2) is 146 Å². The number of allylic oxidation sites excluding steroid dienone is 24. The number of carboxylic acids is 1. The second kappa shape index (κ2) is 44.8. The highest BCUT2D eigenvalue weighted by atomic mass is 16.6. The number of nitrogens with zero attached hydrogens (tertiary/aromatic N) is 1. The van der Waals surface area contributed by atoms with Crippen molar-refractivity contribution >= 4 is 17.9 Å². The van der Waals surface area contributed by atoms with Crippen molar-refractivity contribution in [1.82, 2.24) is 0 Å². The number of aliphatic carboxylic acids is 1. The number of likely N-dealkylation sites (N-methyl/N-ethyl adjacent to an activating group) is 1. The monoisotopic (exact) mass is 884 g/mol. The van der Waals surface area contributed by atoms with Gasteiger partial charge >= 0.3 is 11.9 Å². The molecule has 8 heteroatoms. The maximum atomic E-state index is 12.7. The first-order valence-electron chi connectivity index (χ1n) is 23.9. The molecule has 0 bridgehead atoms. The van der Waals surface area contributed by atoms with Crippen LogP contribution in [0.2, 0.25) is 0 Å². The number of quaternary nitrogens is 1. The van der Waals surface area contributed by atoms with Gasteiger partial charge in [0.25, 0.3) is 0 Å². The van der Waals surface area contributed by atoms with Crippen LogP contribution in [-0.2, 0) is 28.6 Å². The molecule has 0 heterocycles. The molecule has 356 valence electrons. The summed E-state index contributed by atoms with van der Waals surface area (Å²) < 4.78 is 17.1. The lowest BCUT2D eigenvalue weighted by molar-refractivity contribution is -0.889. The molecule has 0 aliphatic rings. The number of carboxylic acid groups (broad SMARTS) is 1. The lowest BCUT2D eigenvalue weighted by atomic mass is 10.1. The van der Waals surface area contributed by atoms with Crippen LogP contribution in [0.5, 0.6) is 0 Å². The van der Waals surface area contributed by atoms with Crippen molar-refractivity contribution in [3.8, 4) is 0 Å². The third-order valence-electron chi connectivity index (χ3n) is 9.47. The van der Waals surface area contributed by atoms with Crippen LogP contribution in [0, 0.1) is 0 Å². The second-order valence-electron chi connectivity index (χ2n) is 16.2. The Balaban J connectivity index is 4.53. The largest absolute Gasteiger partial charge is 0.544 e. The Kier molecular flexibility index (Phi) is 41.5. The molecule has 0 aromatic rings. The van der Waals surface area contributed by atoms with Gasteiger partial charge in [0.05, 0.1) is 40.3 Å². The molecule has 2 atom stereocenters. The van der Waals surface area contributed by atoms with Gasteiger partial charge in [0, 0.05) is 19.3 Å². The van der Waals surface area contributed by atoms with E-state index in [2.05, 4.69) is 160 Å². The van der Waals surface area contributed by atoms with Crippen molar-refractivity contribution in [3.63, 3.8) is 0 Å². The van der Waals surface area contributed by atoms with Crippen LogP contribution >= 0.6 is 0 Å². The van der Waals surface area contributed by atoms with Gasteiger partial charge in [-0.05, 0) is 103 Å². The molecule has 2 unspecified atom stereocenters. The molecule has 8 nitrogen and oxygen atoms in total. The molecule has 0 rings (SSSR count). The maximum absolute atomic E-state index is 12.7. The number of ether oxygens (including phenoxy) is 3. The lowest BCUT2D eigenvalue weighted by Crippen LogP contribution is -2.55. The van der Waals surface area contributed by atoms with E-state index in [0.29, 0.717) is 12.8 Å². The number of unbranched alkanes of at least 4 members (excludes halogenated alkanes) is 2. The molecule has 0 saturated heterocycles. The smallest absolute Gasteiger partial charge is 0.306 e. The fourth-order valence-electron chi connectivity index (χ4n) is 5.86. The number of rotatable bonds is 40. The Bertz CT molecular complexity index is 1540. The summed E-state index contributed by atoms with van der Waals surface area (Å²) in [5.74, 6) is -1.91. The van der Waals surface area contributed by atoms with Gasteiger partial charge in [-0.2, -0.15) is 0 Å². The van der Waals surface area contributed by atoms with Gasteiger partial charge in [0.2, 0.25) is 0 Å². The van der Waals surface area contributed by atoms with E-state index in [1.807, 2.05) is 0 Å². The van der Waals surface area contributed by atoms with E-state index in [4.69, 9.17) is 14.2 Å². The molecule has 0 radical (unpaired) electrons. The predicted octanol–water partition coefficient (Wildman–Crippen LogP) is 12.4. The van der Waals surface area contributed by atoms with E-state index in [0.717, 1.165) is 89.9 Å². The summed E-state index contributed by atoms with van der Waals surface area (Å²) in [5, 5.41) is 11.6. The normalized spacial score (nSPS) is 14.2. The zero-order valence-electron chi connectivity index (χ0n) is 40.4. The van der Waals surface area contributed by atoms with Gasteiger partial charge in [-0.15, -0.1) is 0 Å². The molecular formula is C56H85NO7. The molecule has 0 aliphatic carbocycles. The van der Waals surface area contributed by atoms with E-state index in [-0.39, 0.29) is 49.5 Å². The van der Waals surface area contributed by atoms with Crippen LogP contribution in [0.4, 0.5) is 0 Å². The summed E-state index contributed by atoms with van der Waals surface area (Å²) >= 11 is 0. The lowest BCUT2D eigenvalue weighted by Gasteiger charge is -2.34. The zero-order valence-corrected chi connectivity index (χ0v) is 40.4. The predicted molar refractivity (Wildman–Crippen MR) is 267 cm³/mol. The Morgan fingerprint density at radius 1 is 0.469 bits per heavy atom. The Labute approximate surface area is 389 Å². The van der Waals surface area contributed by atoms with Gasteiger partial charge < -0.3 is 28.6 Å². The van der Waals surface area contributed by atoms with Gasteiger partial charge in [0.1, 0.15) is 12.6 Å². The Hall–Kier alpha value is -4.79. The third-order valence-corrected chi connectivity index (χ3v) is 9.47. The van der Waals surface area contributed by atoms with Gasteiger partial charge in [-0.1, -0.05) is 160 Å². The molecule has 0 N–H and O–H groups in total. The molecule has 0 fully saturated rings. The molecular weight excluding hydrogens is 799 g/mol. The highest BCUT2D eigenvalue weighted by Gasteiger charge is 2.25. The van der Waals surface area contributed by atoms with E-state index >= 15 is 0 Å². The molecule has 0 amide bonds. The van der Waals surface area contributed by atoms with Gasteiger partial charge in [0.15, 0.2) is 6.10 Å². The first-order chi connectivity index (χ1) is 31.1. The maximum Gasteiger partial charge on any atom is 0.306 e. The van der Waals surface area contributed by atoms with Crippen molar-refractivity contribution < 1.29 is 38.2 Å². The average Bonchev–Trinajstić information content (AvgIpc) is 3.26. The van der Waals surface area contributed by atoms with Crippen LogP contribution in [0.25, 0.3) is 0 Å². The minimum absolute atomic E-state index is 0.0121. The van der Waals surface area contributed by atoms with Gasteiger partial charge in [-0.3, -0.25) is 9.59 Å². The highest BCUT2D eigenvalue weighted by Crippen LogP contribution is 2.10. The summed E-state index contributed by atoms with van der Waals surface area (Å²) in [5.41, 5.74) is 0. The summed E-state index contributed by atoms with van der Waals surface area (Å²) in [6.45, 7) is 4.28. The summed E-state index contributed by atoms with van der Waals surface area (Å²) in [6, 6.07) is -0.755. The topological polar surface area (TPSA) is 102 Å². The van der Waals surface area contributed by atoms with Crippen LogP contribution in [-0.4, -0.2) is 75.5 Å². The molecule has 0 aromatic carbocycles. The van der Waals surface area contributed by atoms with E-state index < -0.39 is 24.1 Å². The average molecular weight is 884 g/mol. The van der Waals surface area contributed by atoms with Crippen LogP contribution in [0.1, 0.15) is 136 Å².